The van der Waals surface area contributed by atoms with Crippen LogP contribution in [0.15, 0.2) is 77.7 Å². The van der Waals surface area contributed by atoms with Crippen molar-refractivity contribution in [2.75, 3.05) is 18.0 Å². The number of hydrogen-bond donors (Lipinski definition) is 1. The van der Waals surface area contributed by atoms with Crippen molar-refractivity contribution in [2.45, 2.75) is 58.1 Å². The molecular weight excluding hydrogens is 514 g/mol. The molecule has 1 N–H and O–H groups in total. The van der Waals surface area contributed by atoms with Gasteiger partial charge in [0.1, 0.15) is 18.3 Å². The summed E-state index contributed by atoms with van der Waals surface area (Å²) in [6.07, 6.45) is 0. The van der Waals surface area contributed by atoms with E-state index in [2.05, 4.69) is 5.32 Å². The predicted octanol–water partition coefficient (Wildman–Crippen LogP) is 4.45. The van der Waals surface area contributed by atoms with Gasteiger partial charge in [0.05, 0.1) is 17.7 Å². The van der Waals surface area contributed by atoms with Crippen molar-refractivity contribution in [1.82, 2.24) is 10.2 Å². The molecule has 0 heterocycles. The molecule has 3 aromatic rings. The topological polar surface area (TPSA) is 96.0 Å². The molecule has 3 rings (SSSR count). The third-order valence-electron chi connectivity index (χ3n) is 6.30. The Labute approximate surface area is 231 Å². The van der Waals surface area contributed by atoms with Crippen molar-refractivity contribution in [1.29, 1.82) is 0 Å². The molecule has 208 valence electrons. The number of hydrogen-bond acceptors (Lipinski definition) is 5. The van der Waals surface area contributed by atoms with Gasteiger partial charge in [-0.15, -0.1) is 0 Å². The smallest absolute Gasteiger partial charge is 0.264 e. The van der Waals surface area contributed by atoms with E-state index in [1.54, 1.807) is 68.6 Å². The highest BCUT2D eigenvalue weighted by Gasteiger charge is 2.32. The number of anilines is 1. The number of aryl methyl sites for hydroxylation is 2. The standard InChI is InChI=1S/C30H37N3O5S/c1-21(2)31-30(35)24(5)32(19-25-8-7-9-27(18-25)38-6)29(34)20-33(26-14-10-22(3)11-15-26)39(36,37)28-16-12-23(4)13-17-28/h7-18,21,24H,19-20H2,1-6H3,(H,31,35). The van der Waals surface area contributed by atoms with Crippen molar-refractivity contribution < 1.29 is 22.7 Å². The van der Waals surface area contributed by atoms with E-state index in [1.165, 1.54) is 17.0 Å². The molecule has 1 unspecified atom stereocenters. The normalized spacial score (nSPS) is 12.1. The Hall–Kier alpha value is -3.85. The Kier molecular flexibility index (Phi) is 9.75. The summed E-state index contributed by atoms with van der Waals surface area (Å²) >= 11 is 0. The maximum Gasteiger partial charge on any atom is 0.264 e. The minimum atomic E-state index is -4.10. The minimum Gasteiger partial charge on any atom is -0.497 e. The maximum absolute atomic E-state index is 13.9. The quantitative estimate of drug-likeness (QED) is 0.380. The number of amides is 2. The van der Waals surface area contributed by atoms with Gasteiger partial charge in [-0.3, -0.25) is 13.9 Å². The Morgan fingerprint density at radius 2 is 1.49 bits per heavy atom. The Bertz CT molecular complexity index is 1390. The predicted molar refractivity (Wildman–Crippen MR) is 153 cm³/mol. The Morgan fingerprint density at radius 1 is 0.897 bits per heavy atom. The van der Waals surface area contributed by atoms with Crippen LogP contribution < -0.4 is 14.4 Å². The minimum absolute atomic E-state index is 0.0754. The van der Waals surface area contributed by atoms with Gasteiger partial charge in [-0.25, -0.2) is 8.42 Å². The molecule has 0 saturated carbocycles. The summed E-state index contributed by atoms with van der Waals surface area (Å²) in [5.74, 6) is -0.229. The Balaban J connectivity index is 2.03. The van der Waals surface area contributed by atoms with Gasteiger partial charge in [-0.1, -0.05) is 47.5 Å². The molecule has 0 bridgehead atoms. The summed E-state index contributed by atoms with van der Waals surface area (Å²) in [6, 6.07) is 19.7. The summed E-state index contributed by atoms with van der Waals surface area (Å²) in [5, 5.41) is 2.85. The highest BCUT2D eigenvalue weighted by atomic mass is 32.2. The van der Waals surface area contributed by atoms with Crippen LogP contribution in [0.3, 0.4) is 0 Å². The lowest BCUT2D eigenvalue weighted by molar-refractivity contribution is -0.139. The first-order valence-electron chi connectivity index (χ1n) is 12.8. The fourth-order valence-electron chi connectivity index (χ4n) is 4.03. The van der Waals surface area contributed by atoms with E-state index >= 15 is 0 Å². The third-order valence-corrected chi connectivity index (χ3v) is 8.08. The molecule has 0 radical (unpaired) electrons. The zero-order valence-corrected chi connectivity index (χ0v) is 24.2. The van der Waals surface area contributed by atoms with Crippen molar-refractivity contribution >= 4 is 27.5 Å². The van der Waals surface area contributed by atoms with E-state index < -0.39 is 28.5 Å². The first-order chi connectivity index (χ1) is 18.4. The van der Waals surface area contributed by atoms with Gasteiger partial charge in [-0.05, 0) is 76.6 Å². The van der Waals surface area contributed by atoms with Crippen LogP contribution in [0.2, 0.25) is 0 Å². The summed E-state index contributed by atoms with van der Waals surface area (Å²) in [7, 11) is -2.54. The molecule has 0 fully saturated rings. The lowest BCUT2D eigenvalue weighted by Gasteiger charge is -2.32. The SMILES string of the molecule is COc1cccc(CN(C(=O)CN(c2ccc(C)cc2)S(=O)(=O)c2ccc(C)cc2)C(C)C(=O)NC(C)C)c1. The fourth-order valence-corrected chi connectivity index (χ4v) is 5.45. The van der Waals surface area contributed by atoms with E-state index in [0.717, 1.165) is 21.0 Å². The zero-order chi connectivity index (χ0) is 28.7. The van der Waals surface area contributed by atoms with Gasteiger partial charge in [0.2, 0.25) is 11.8 Å². The van der Waals surface area contributed by atoms with E-state index in [4.69, 9.17) is 4.74 Å². The van der Waals surface area contributed by atoms with Crippen LogP contribution in [-0.4, -0.2) is 50.9 Å². The number of sulfonamides is 1. The molecule has 0 spiro atoms. The number of carbonyl (C=O) groups excluding carboxylic acids is 2. The van der Waals surface area contributed by atoms with Crippen LogP contribution in [0.4, 0.5) is 5.69 Å². The van der Waals surface area contributed by atoms with Crippen molar-refractivity contribution in [3.05, 3.63) is 89.5 Å². The monoisotopic (exact) mass is 551 g/mol. The van der Waals surface area contributed by atoms with Crippen LogP contribution in [-0.2, 0) is 26.2 Å². The second-order valence-electron chi connectivity index (χ2n) is 9.87. The highest BCUT2D eigenvalue weighted by molar-refractivity contribution is 7.92. The maximum atomic E-state index is 13.9. The first kappa shape index (κ1) is 29.7. The lowest BCUT2D eigenvalue weighted by atomic mass is 10.1. The van der Waals surface area contributed by atoms with E-state index in [0.29, 0.717) is 11.4 Å². The van der Waals surface area contributed by atoms with E-state index in [1.807, 2.05) is 33.8 Å². The molecule has 8 nitrogen and oxygen atoms in total. The third kappa shape index (κ3) is 7.60. The molecule has 0 aliphatic rings. The number of methoxy groups -OCH3 is 1. The van der Waals surface area contributed by atoms with E-state index in [-0.39, 0.29) is 23.4 Å². The molecule has 0 aromatic heterocycles. The molecular formula is C30H37N3O5S. The summed E-state index contributed by atoms with van der Waals surface area (Å²) < 4.78 is 34.1. The first-order valence-corrected chi connectivity index (χ1v) is 14.2. The average Bonchev–Trinajstić information content (AvgIpc) is 2.90. The van der Waals surface area contributed by atoms with Gasteiger partial charge in [0, 0.05) is 12.6 Å². The van der Waals surface area contributed by atoms with Gasteiger partial charge in [0.25, 0.3) is 10.0 Å². The summed E-state index contributed by atoms with van der Waals surface area (Å²) in [6.45, 7) is 8.70. The van der Waals surface area contributed by atoms with Gasteiger partial charge < -0.3 is 15.0 Å². The molecule has 0 aliphatic heterocycles. The fraction of sp³-hybridized carbons (Fsp3) is 0.333. The van der Waals surface area contributed by atoms with Gasteiger partial charge in [0.15, 0.2) is 0 Å². The number of nitrogens with one attached hydrogen (secondary N) is 1. The highest BCUT2D eigenvalue weighted by Crippen LogP contribution is 2.25. The number of benzene rings is 3. The summed E-state index contributed by atoms with van der Waals surface area (Å²) in [5.41, 5.74) is 2.98. The lowest BCUT2D eigenvalue weighted by Crippen LogP contribution is -2.52. The van der Waals surface area contributed by atoms with Gasteiger partial charge >= 0.3 is 0 Å². The van der Waals surface area contributed by atoms with Crippen LogP contribution >= 0.6 is 0 Å². The molecule has 9 heteroatoms. The second-order valence-corrected chi connectivity index (χ2v) is 11.7. The largest absolute Gasteiger partial charge is 0.497 e. The summed E-state index contributed by atoms with van der Waals surface area (Å²) in [4.78, 5) is 28.4. The number of nitrogens with zero attached hydrogens (tertiary/aromatic N) is 2. The van der Waals surface area contributed by atoms with Gasteiger partial charge in [-0.2, -0.15) is 0 Å². The zero-order valence-electron chi connectivity index (χ0n) is 23.3. The second kappa shape index (κ2) is 12.8. The van der Waals surface area contributed by atoms with E-state index in [9.17, 15) is 18.0 Å². The Morgan fingerprint density at radius 3 is 2.05 bits per heavy atom. The van der Waals surface area contributed by atoms with Crippen LogP contribution in [0.25, 0.3) is 0 Å². The van der Waals surface area contributed by atoms with Crippen LogP contribution in [0.5, 0.6) is 5.75 Å². The molecule has 39 heavy (non-hydrogen) atoms. The molecule has 0 saturated heterocycles. The number of ether oxygens (including phenoxy) is 1. The number of carbonyl (C=O) groups is 2. The van der Waals surface area contributed by atoms with Crippen LogP contribution in [0, 0.1) is 13.8 Å². The van der Waals surface area contributed by atoms with Crippen LogP contribution in [0.1, 0.15) is 37.5 Å². The van der Waals surface area contributed by atoms with Crippen molar-refractivity contribution in [3.8, 4) is 5.75 Å². The molecule has 1 atom stereocenters. The molecule has 2 amide bonds. The molecule has 0 aliphatic carbocycles. The number of rotatable bonds is 11. The molecule has 3 aromatic carbocycles. The van der Waals surface area contributed by atoms with Crippen molar-refractivity contribution in [3.63, 3.8) is 0 Å². The average molecular weight is 552 g/mol. The van der Waals surface area contributed by atoms with Crippen molar-refractivity contribution in [2.24, 2.45) is 0 Å².